The van der Waals surface area contributed by atoms with Gasteiger partial charge in [0.2, 0.25) is 0 Å². The van der Waals surface area contributed by atoms with Crippen molar-refractivity contribution in [1.82, 2.24) is 0 Å². The van der Waals surface area contributed by atoms with Crippen molar-refractivity contribution in [1.29, 1.82) is 0 Å². The third-order valence-corrected chi connectivity index (χ3v) is 7.64. The van der Waals surface area contributed by atoms with E-state index in [1.165, 1.54) is 16.7 Å². The van der Waals surface area contributed by atoms with Crippen molar-refractivity contribution in [3.8, 4) is 11.5 Å². The van der Waals surface area contributed by atoms with Crippen LogP contribution in [0.5, 0.6) is 11.5 Å². The Morgan fingerprint density at radius 3 is 1.40 bits per heavy atom. The highest BCUT2D eigenvalue weighted by Gasteiger charge is 2.35. The van der Waals surface area contributed by atoms with Gasteiger partial charge in [0.1, 0.15) is 11.5 Å². The standard InChI is InChI=1S/C33H36O2/c1-24-25(2)32(35)30(26(3)31(24)34)22-14-7-15-23-33(27-16-8-4-9-17-27,28-18-10-5-11-19-28)29-20-12-6-13-21-29/h4-6,8-13,16-21,34-35H,7,14-15,22-23H2,1-3H3. The summed E-state index contributed by atoms with van der Waals surface area (Å²) in [5, 5.41) is 21.2. The zero-order valence-corrected chi connectivity index (χ0v) is 21.1. The number of phenolic OH excluding ortho intramolecular Hbond substituents is 2. The number of hydrogen-bond acceptors (Lipinski definition) is 2. The molecule has 35 heavy (non-hydrogen) atoms. The smallest absolute Gasteiger partial charge is 0.122 e. The summed E-state index contributed by atoms with van der Waals surface area (Å²) >= 11 is 0. The van der Waals surface area contributed by atoms with Gasteiger partial charge < -0.3 is 10.2 Å². The lowest BCUT2D eigenvalue weighted by Gasteiger charge is -2.36. The molecule has 0 aromatic heterocycles. The Morgan fingerprint density at radius 1 is 0.514 bits per heavy atom. The molecule has 0 atom stereocenters. The van der Waals surface area contributed by atoms with Crippen LogP contribution in [0, 0.1) is 20.8 Å². The quantitative estimate of drug-likeness (QED) is 0.149. The molecule has 0 unspecified atom stereocenters. The Hall–Kier alpha value is -3.52. The first-order chi connectivity index (χ1) is 17.0. The average Bonchev–Trinajstić information content (AvgIpc) is 2.92. The summed E-state index contributed by atoms with van der Waals surface area (Å²) in [4.78, 5) is 0. The summed E-state index contributed by atoms with van der Waals surface area (Å²) in [6.45, 7) is 5.64. The summed E-state index contributed by atoms with van der Waals surface area (Å²) in [7, 11) is 0. The fourth-order valence-electron chi connectivity index (χ4n) is 5.46. The summed E-state index contributed by atoms with van der Waals surface area (Å²) in [6, 6.07) is 32.5. The van der Waals surface area contributed by atoms with E-state index in [1.54, 1.807) is 0 Å². The van der Waals surface area contributed by atoms with Crippen molar-refractivity contribution in [2.45, 2.75) is 58.3 Å². The molecule has 2 heteroatoms. The van der Waals surface area contributed by atoms with Gasteiger partial charge in [-0.1, -0.05) is 104 Å². The van der Waals surface area contributed by atoms with Crippen LogP contribution in [0.15, 0.2) is 91.0 Å². The van der Waals surface area contributed by atoms with Crippen LogP contribution in [0.3, 0.4) is 0 Å². The first-order valence-electron chi connectivity index (χ1n) is 12.6. The van der Waals surface area contributed by atoms with Crippen LogP contribution in [-0.4, -0.2) is 10.2 Å². The van der Waals surface area contributed by atoms with Crippen LogP contribution in [-0.2, 0) is 11.8 Å². The van der Waals surface area contributed by atoms with Gasteiger partial charge >= 0.3 is 0 Å². The maximum atomic E-state index is 10.7. The first-order valence-corrected chi connectivity index (χ1v) is 12.6. The molecule has 0 bridgehead atoms. The molecule has 4 aromatic rings. The number of aromatic hydroxyl groups is 2. The molecule has 180 valence electrons. The summed E-state index contributed by atoms with van der Waals surface area (Å²) < 4.78 is 0. The predicted octanol–water partition coefficient (Wildman–Crippen LogP) is 8.16. The molecule has 0 saturated carbocycles. The van der Waals surface area contributed by atoms with Crippen LogP contribution in [0.4, 0.5) is 0 Å². The highest BCUT2D eigenvalue weighted by molar-refractivity contribution is 5.56. The van der Waals surface area contributed by atoms with Crippen molar-refractivity contribution in [2.24, 2.45) is 0 Å². The second-order valence-electron chi connectivity index (χ2n) is 9.61. The molecular weight excluding hydrogens is 428 g/mol. The molecule has 4 rings (SSSR count). The monoisotopic (exact) mass is 464 g/mol. The van der Waals surface area contributed by atoms with Gasteiger partial charge in [-0.05, 0) is 73.4 Å². The van der Waals surface area contributed by atoms with Gasteiger partial charge in [0.15, 0.2) is 0 Å². The fraction of sp³-hybridized carbons (Fsp3) is 0.273. The van der Waals surface area contributed by atoms with Crippen LogP contribution >= 0.6 is 0 Å². The van der Waals surface area contributed by atoms with E-state index in [-0.39, 0.29) is 5.41 Å². The Morgan fingerprint density at radius 2 is 0.943 bits per heavy atom. The molecule has 0 aliphatic carbocycles. The number of rotatable bonds is 9. The maximum absolute atomic E-state index is 10.7. The summed E-state index contributed by atoms with van der Waals surface area (Å²) in [5.74, 6) is 0.650. The highest BCUT2D eigenvalue weighted by Crippen LogP contribution is 2.43. The number of benzene rings is 4. The Kier molecular flexibility index (Phi) is 7.60. The predicted molar refractivity (Wildman–Crippen MR) is 145 cm³/mol. The zero-order chi connectivity index (χ0) is 24.8. The van der Waals surface area contributed by atoms with Gasteiger partial charge in [-0.25, -0.2) is 0 Å². The molecule has 2 nitrogen and oxygen atoms in total. The SMILES string of the molecule is Cc1c(C)c(O)c(CCCCCC(c2ccccc2)(c2ccccc2)c2ccccc2)c(C)c1O. The van der Waals surface area contributed by atoms with Gasteiger partial charge in [-0.2, -0.15) is 0 Å². The van der Waals surface area contributed by atoms with Crippen molar-refractivity contribution in [2.75, 3.05) is 0 Å². The largest absolute Gasteiger partial charge is 0.507 e. The lowest BCUT2D eigenvalue weighted by atomic mass is 9.66. The molecular formula is C33H36O2. The van der Waals surface area contributed by atoms with Gasteiger partial charge in [0.05, 0.1) is 0 Å². The van der Waals surface area contributed by atoms with Crippen LogP contribution in [0.2, 0.25) is 0 Å². The number of phenols is 2. The Bertz CT molecular complexity index is 1120. The third kappa shape index (κ3) is 4.84. The fourth-order valence-corrected chi connectivity index (χ4v) is 5.46. The van der Waals surface area contributed by atoms with E-state index >= 15 is 0 Å². The molecule has 0 aliphatic heterocycles. The van der Waals surface area contributed by atoms with E-state index in [9.17, 15) is 10.2 Å². The van der Waals surface area contributed by atoms with E-state index < -0.39 is 0 Å². The van der Waals surface area contributed by atoms with Gasteiger partial charge in [0.25, 0.3) is 0 Å². The third-order valence-electron chi connectivity index (χ3n) is 7.64. The van der Waals surface area contributed by atoms with E-state index in [4.69, 9.17) is 0 Å². The molecule has 0 aliphatic rings. The molecule has 0 saturated heterocycles. The second kappa shape index (κ2) is 10.8. The summed E-state index contributed by atoms with van der Waals surface area (Å²) in [6.07, 6.45) is 4.82. The molecule has 2 N–H and O–H groups in total. The van der Waals surface area contributed by atoms with Gasteiger partial charge in [-0.3, -0.25) is 0 Å². The topological polar surface area (TPSA) is 40.5 Å². The zero-order valence-electron chi connectivity index (χ0n) is 21.1. The molecule has 0 heterocycles. The minimum absolute atomic E-state index is 0.222. The molecule has 0 amide bonds. The van der Waals surface area contributed by atoms with Crippen molar-refractivity contribution in [3.63, 3.8) is 0 Å². The first kappa shape index (κ1) is 24.6. The van der Waals surface area contributed by atoms with E-state index in [2.05, 4.69) is 91.0 Å². The number of unbranched alkanes of at least 4 members (excludes halogenated alkanes) is 2. The lowest BCUT2D eigenvalue weighted by molar-refractivity contribution is 0.441. The molecule has 0 fully saturated rings. The van der Waals surface area contributed by atoms with Crippen molar-refractivity contribution < 1.29 is 10.2 Å². The van der Waals surface area contributed by atoms with Crippen molar-refractivity contribution >= 4 is 0 Å². The Labute approximate surface area is 209 Å². The average molecular weight is 465 g/mol. The molecule has 0 spiro atoms. The van der Waals surface area contributed by atoms with Crippen LogP contribution in [0.1, 0.15) is 64.6 Å². The van der Waals surface area contributed by atoms with Gasteiger partial charge in [-0.15, -0.1) is 0 Å². The van der Waals surface area contributed by atoms with Gasteiger partial charge in [0, 0.05) is 11.0 Å². The maximum Gasteiger partial charge on any atom is 0.122 e. The second-order valence-corrected chi connectivity index (χ2v) is 9.61. The summed E-state index contributed by atoms with van der Waals surface area (Å²) in [5.41, 5.74) is 6.94. The van der Waals surface area contributed by atoms with Crippen LogP contribution < -0.4 is 0 Å². The lowest BCUT2D eigenvalue weighted by Crippen LogP contribution is -2.29. The normalized spacial score (nSPS) is 11.5. The van der Waals surface area contributed by atoms with Crippen molar-refractivity contribution in [3.05, 3.63) is 130 Å². The molecule has 4 aromatic carbocycles. The highest BCUT2D eigenvalue weighted by atomic mass is 16.3. The van der Waals surface area contributed by atoms with E-state index in [0.29, 0.717) is 11.5 Å². The van der Waals surface area contributed by atoms with Crippen LogP contribution in [0.25, 0.3) is 0 Å². The Balaban J connectivity index is 1.59. The molecule has 0 radical (unpaired) electrons. The minimum Gasteiger partial charge on any atom is -0.507 e. The number of hydrogen-bond donors (Lipinski definition) is 2. The van der Waals surface area contributed by atoms with E-state index in [0.717, 1.165) is 54.4 Å². The van der Waals surface area contributed by atoms with E-state index in [1.807, 2.05) is 20.8 Å². The minimum atomic E-state index is -0.222.